The Morgan fingerprint density at radius 2 is 0.744 bits per heavy atom. The van der Waals surface area contributed by atoms with Crippen molar-refractivity contribution in [2.24, 2.45) is 0 Å². The molecule has 0 saturated carbocycles. The summed E-state index contributed by atoms with van der Waals surface area (Å²) in [4.78, 5) is 11.0. The van der Waals surface area contributed by atoms with Crippen molar-refractivity contribution in [3.8, 4) is 0 Å². The monoisotopic (exact) mass is 566 g/mol. The molecule has 0 amide bonds. The lowest BCUT2D eigenvalue weighted by molar-refractivity contribution is -0.154. The van der Waals surface area contributed by atoms with E-state index in [2.05, 4.69) is 6.92 Å². The van der Waals surface area contributed by atoms with Crippen LogP contribution >= 0.6 is 0 Å². The summed E-state index contributed by atoms with van der Waals surface area (Å²) in [6.45, 7) is 11.0. The van der Waals surface area contributed by atoms with Gasteiger partial charge in [0.05, 0.1) is 85.9 Å². The van der Waals surface area contributed by atoms with Gasteiger partial charge in [0, 0.05) is 6.61 Å². The highest BCUT2D eigenvalue weighted by molar-refractivity contribution is 5.73. The molecule has 0 fully saturated rings. The fourth-order valence-corrected chi connectivity index (χ4v) is 3.43. The maximum absolute atomic E-state index is 11.0. The first-order valence-corrected chi connectivity index (χ1v) is 15.1. The molecule has 1 atom stereocenters. The molecule has 0 spiro atoms. The van der Waals surface area contributed by atoms with E-state index in [-0.39, 0.29) is 13.2 Å². The summed E-state index contributed by atoms with van der Waals surface area (Å²) in [6.07, 6.45) is 12.3. The van der Waals surface area contributed by atoms with Crippen molar-refractivity contribution >= 4 is 5.97 Å². The summed E-state index contributed by atoms with van der Waals surface area (Å²) in [5, 5.41) is 8.97. The highest BCUT2D eigenvalue weighted by Gasteiger charge is 2.09. The van der Waals surface area contributed by atoms with Crippen molar-refractivity contribution in [1.82, 2.24) is 0 Å². The van der Waals surface area contributed by atoms with Crippen molar-refractivity contribution in [1.29, 1.82) is 0 Å². The Morgan fingerprint density at radius 1 is 0.462 bits per heavy atom. The van der Waals surface area contributed by atoms with E-state index in [9.17, 15) is 4.79 Å². The van der Waals surface area contributed by atoms with Gasteiger partial charge in [-0.05, 0) is 13.3 Å². The van der Waals surface area contributed by atoms with Crippen molar-refractivity contribution in [3.05, 3.63) is 0 Å². The second-order valence-electron chi connectivity index (χ2n) is 9.31. The van der Waals surface area contributed by atoms with Gasteiger partial charge in [0.15, 0.2) is 0 Å². The summed E-state index contributed by atoms with van der Waals surface area (Å²) in [5.74, 6) is -0.653. The van der Waals surface area contributed by atoms with Crippen LogP contribution in [0.15, 0.2) is 0 Å². The van der Waals surface area contributed by atoms with Crippen LogP contribution in [-0.4, -0.2) is 116 Å². The maximum Gasteiger partial charge on any atom is 0.334 e. The number of ether oxygens (including phenoxy) is 8. The third-order valence-corrected chi connectivity index (χ3v) is 5.69. The predicted octanol–water partition coefficient (Wildman–Crippen LogP) is 3.95. The van der Waals surface area contributed by atoms with Crippen LogP contribution in [-0.2, 0) is 42.7 Å². The molecule has 1 unspecified atom stereocenters. The molecule has 0 saturated heterocycles. The van der Waals surface area contributed by atoms with E-state index in [0.717, 1.165) is 13.0 Å². The molecule has 10 heteroatoms. The number of esters is 1. The zero-order valence-corrected chi connectivity index (χ0v) is 24.9. The maximum atomic E-state index is 11.0. The lowest BCUT2D eigenvalue weighted by Gasteiger charge is -2.09. The van der Waals surface area contributed by atoms with Crippen molar-refractivity contribution in [2.75, 3.05) is 99.1 Å². The standard InChI is InChI=1S/C29H58O10/c1-3-4-5-6-7-8-9-10-11-12-13-32-14-15-33-16-17-34-18-19-35-20-21-36-22-23-37-24-25-38-26-27-39-29(31)28(2)30/h28,30H,3-27H2,1-2H3. The Morgan fingerprint density at radius 3 is 1.08 bits per heavy atom. The minimum Gasteiger partial charge on any atom is -0.461 e. The summed E-state index contributed by atoms with van der Waals surface area (Å²) in [7, 11) is 0. The Kier molecular flexibility index (Phi) is 32.6. The lowest BCUT2D eigenvalue weighted by atomic mass is 10.1. The zero-order valence-electron chi connectivity index (χ0n) is 24.9. The Labute approximate surface area is 237 Å². The molecule has 0 radical (unpaired) electrons. The second-order valence-corrected chi connectivity index (χ2v) is 9.31. The molecule has 0 aliphatic carbocycles. The fraction of sp³-hybridized carbons (Fsp3) is 0.966. The largest absolute Gasteiger partial charge is 0.461 e. The topological polar surface area (TPSA) is 111 Å². The van der Waals surface area contributed by atoms with Gasteiger partial charge in [-0.15, -0.1) is 0 Å². The molecule has 0 aromatic carbocycles. The van der Waals surface area contributed by atoms with E-state index < -0.39 is 12.1 Å². The summed E-state index contributed by atoms with van der Waals surface area (Å²) >= 11 is 0. The zero-order chi connectivity index (χ0) is 28.5. The number of aliphatic hydroxyl groups excluding tert-OH is 1. The summed E-state index contributed by atoms with van der Waals surface area (Å²) in [6, 6.07) is 0. The van der Waals surface area contributed by atoms with E-state index in [1.165, 1.54) is 64.7 Å². The van der Waals surface area contributed by atoms with Gasteiger partial charge in [0.25, 0.3) is 0 Å². The molecular weight excluding hydrogens is 508 g/mol. The molecule has 0 aromatic rings. The first kappa shape index (κ1) is 38.1. The van der Waals surface area contributed by atoms with Gasteiger partial charge in [0.2, 0.25) is 0 Å². The van der Waals surface area contributed by atoms with Crippen LogP contribution in [0.4, 0.5) is 0 Å². The molecule has 0 aromatic heterocycles. The Balaban J connectivity index is 3.05. The molecule has 0 aliphatic heterocycles. The van der Waals surface area contributed by atoms with Crippen LogP contribution in [0, 0.1) is 0 Å². The fourth-order valence-electron chi connectivity index (χ4n) is 3.43. The highest BCUT2D eigenvalue weighted by Crippen LogP contribution is 2.10. The number of unbranched alkanes of at least 4 members (excludes halogenated alkanes) is 9. The van der Waals surface area contributed by atoms with E-state index in [0.29, 0.717) is 79.3 Å². The van der Waals surface area contributed by atoms with Gasteiger partial charge in [-0.3, -0.25) is 0 Å². The van der Waals surface area contributed by atoms with Gasteiger partial charge < -0.3 is 43.0 Å². The van der Waals surface area contributed by atoms with Crippen molar-refractivity contribution in [2.45, 2.75) is 84.2 Å². The normalized spacial score (nSPS) is 12.2. The first-order valence-electron chi connectivity index (χ1n) is 15.1. The summed E-state index contributed by atoms with van der Waals surface area (Å²) < 4.78 is 42.9. The number of hydrogen-bond donors (Lipinski definition) is 1. The van der Waals surface area contributed by atoms with Gasteiger partial charge in [-0.2, -0.15) is 0 Å². The van der Waals surface area contributed by atoms with E-state index >= 15 is 0 Å². The molecule has 0 heterocycles. The first-order chi connectivity index (χ1) is 19.2. The third-order valence-electron chi connectivity index (χ3n) is 5.69. The van der Waals surface area contributed by atoms with Crippen LogP contribution in [0.25, 0.3) is 0 Å². The van der Waals surface area contributed by atoms with Crippen LogP contribution in [0.2, 0.25) is 0 Å². The SMILES string of the molecule is CCCCCCCCCCCCOCCOCCOCCOCCOCCOCCOCCOC(=O)C(C)O. The smallest absolute Gasteiger partial charge is 0.334 e. The minimum absolute atomic E-state index is 0.112. The molecular formula is C29H58O10. The van der Waals surface area contributed by atoms with Crippen LogP contribution in [0.1, 0.15) is 78.1 Å². The number of aliphatic hydroxyl groups is 1. The number of carbonyl (C=O) groups excluding carboxylic acids is 1. The number of rotatable bonds is 33. The van der Waals surface area contributed by atoms with Gasteiger partial charge >= 0.3 is 5.97 Å². The van der Waals surface area contributed by atoms with Crippen LogP contribution in [0.3, 0.4) is 0 Å². The average molecular weight is 567 g/mol. The lowest BCUT2D eigenvalue weighted by Crippen LogP contribution is -2.21. The van der Waals surface area contributed by atoms with Crippen LogP contribution < -0.4 is 0 Å². The summed E-state index contributed by atoms with van der Waals surface area (Å²) in [5.41, 5.74) is 0. The van der Waals surface area contributed by atoms with Gasteiger partial charge in [-0.25, -0.2) is 4.79 Å². The number of carbonyl (C=O) groups is 1. The Hall–Kier alpha value is -0.850. The minimum atomic E-state index is -1.11. The Bertz CT molecular complexity index is 479. The van der Waals surface area contributed by atoms with Crippen molar-refractivity contribution in [3.63, 3.8) is 0 Å². The van der Waals surface area contributed by atoms with E-state index in [4.69, 9.17) is 43.0 Å². The third kappa shape index (κ3) is 33.3. The molecule has 0 aliphatic rings. The van der Waals surface area contributed by atoms with E-state index in [1.54, 1.807) is 0 Å². The average Bonchev–Trinajstić information content (AvgIpc) is 2.93. The second kappa shape index (κ2) is 33.4. The molecule has 10 nitrogen and oxygen atoms in total. The van der Waals surface area contributed by atoms with Gasteiger partial charge in [0.1, 0.15) is 12.7 Å². The highest BCUT2D eigenvalue weighted by atomic mass is 16.6. The van der Waals surface area contributed by atoms with Crippen molar-refractivity contribution < 1.29 is 47.8 Å². The number of hydrogen-bond acceptors (Lipinski definition) is 10. The van der Waals surface area contributed by atoms with Gasteiger partial charge in [-0.1, -0.05) is 64.7 Å². The quantitative estimate of drug-likeness (QED) is 0.0926. The molecule has 1 N–H and O–H groups in total. The molecule has 0 bridgehead atoms. The molecule has 0 rings (SSSR count). The molecule has 39 heavy (non-hydrogen) atoms. The molecule has 234 valence electrons. The van der Waals surface area contributed by atoms with E-state index in [1.807, 2.05) is 0 Å². The predicted molar refractivity (Wildman–Crippen MR) is 150 cm³/mol. The van der Waals surface area contributed by atoms with Crippen LogP contribution in [0.5, 0.6) is 0 Å².